The van der Waals surface area contributed by atoms with E-state index in [0.29, 0.717) is 6.04 Å². The monoisotopic (exact) mass is 152 g/mol. The fourth-order valence-corrected chi connectivity index (χ4v) is 1.49. The van der Waals surface area contributed by atoms with Gasteiger partial charge < -0.3 is 10.2 Å². The Kier molecular flexibility index (Phi) is 3.41. The molecule has 2 heteroatoms. The fourth-order valence-electron chi connectivity index (χ4n) is 1.49. The number of likely N-dealkylation sites (tertiary alicyclic amines) is 1. The Balaban J connectivity index is 2.15. The molecule has 0 aliphatic carbocycles. The van der Waals surface area contributed by atoms with Crippen LogP contribution in [0.3, 0.4) is 0 Å². The van der Waals surface area contributed by atoms with Crippen LogP contribution in [0.15, 0.2) is 0 Å². The van der Waals surface area contributed by atoms with E-state index in [1.54, 1.807) is 0 Å². The van der Waals surface area contributed by atoms with Gasteiger partial charge in [-0.05, 0) is 20.0 Å². The van der Waals surface area contributed by atoms with Crippen molar-refractivity contribution < 1.29 is 0 Å². The molecule has 1 rings (SSSR count). The van der Waals surface area contributed by atoms with Gasteiger partial charge in [0, 0.05) is 25.6 Å². The van der Waals surface area contributed by atoms with Crippen LogP contribution in [0.25, 0.3) is 0 Å². The highest BCUT2D eigenvalue weighted by molar-refractivity contribution is 4.87. The van der Waals surface area contributed by atoms with Crippen LogP contribution in [-0.4, -0.2) is 37.6 Å². The second kappa shape index (κ2) is 4.38. The number of hydrogen-bond donors (Lipinski definition) is 1. The minimum Gasteiger partial charge on any atom is -0.316 e. The van der Waals surface area contributed by atoms with E-state index >= 15 is 0 Å². The summed E-state index contributed by atoms with van der Waals surface area (Å²) < 4.78 is 0. The molecule has 0 saturated carbocycles. The van der Waals surface area contributed by atoms with E-state index in [1.807, 2.05) is 7.05 Å². The van der Waals surface area contributed by atoms with Gasteiger partial charge in [-0.15, -0.1) is 12.3 Å². The molecule has 1 fully saturated rings. The highest BCUT2D eigenvalue weighted by Gasteiger charge is 2.19. The van der Waals surface area contributed by atoms with Gasteiger partial charge in [0.1, 0.15) is 0 Å². The lowest BCUT2D eigenvalue weighted by molar-refractivity contribution is 0.338. The molecule has 1 N–H and O–H groups in total. The normalized spacial score (nSPS) is 25.3. The molecule has 1 saturated heterocycles. The van der Waals surface area contributed by atoms with Crippen molar-refractivity contribution in [1.29, 1.82) is 0 Å². The maximum atomic E-state index is 5.18. The van der Waals surface area contributed by atoms with E-state index in [0.717, 1.165) is 19.5 Å². The molecule has 0 aromatic carbocycles. The van der Waals surface area contributed by atoms with Crippen molar-refractivity contribution in [3.63, 3.8) is 0 Å². The van der Waals surface area contributed by atoms with E-state index in [9.17, 15) is 0 Å². The summed E-state index contributed by atoms with van der Waals surface area (Å²) in [6.07, 6.45) is 7.33. The summed E-state index contributed by atoms with van der Waals surface area (Å²) in [5.74, 6) is 2.67. The van der Waals surface area contributed by atoms with Crippen LogP contribution in [0, 0.1) is 12.3 Å². The standard InChI is InChI=1S/C9H16N2/c1-3-4-6-11-7-5-9(8-11)10-2/h1,9-10H,4-8H2,2H3. The molecule has 1 unspecified atom stereocenters. The van der Waals surface area contributed by atoms with Gasteiger partial charge in [0.25, 0.3) is 0 Å². The van der Waals surface area contributed by atoms with Crippen molar-refractivity contribution in [1.82, 2.24) is 10.2 Å². The zero-order valence-electron chi connectivity index (χ0n) is 7.14. The fraction of sp³-hybridized carbons (Fsp3) is 0.778. The summed E-state index contributed by atoms with van der Waals surface area (Å²) in [5.41, 5.74) is 0. The average molecular weight is 152 g/mol. The Hall–Kier alpha value is -0.520. The average Bonchev–Trinajstić information content (AvgIpc) is 2.48. The highest BCUT2D eigenvalue weighted by Crippen LogP contribution is 2.08. The van der Waals surface area contributed by atoms with Gasteiger partial charge in [-0.25, -0.2) is 0 Å². The summed E-state index contributed by atoms with van der Waals surface area (Å²) in [4.78, 5) is 2.42. The Morgan fingerprint density at radius 1 is 1.73 bits per heavy atom. The second-order valence-electron chi connectivity index (χ2n) is 3.03. The third kappa shape index (κ3) is 2.53. The molecule has 1 heterocycles. The van der Waals surface area contributed by atoms with Crippen LogP contribution in [0.2, 0.25) is 0 Å². The summed E-state index contributed by atoms with van der Waals surface area (Å²) >= 11 is 0. The first-order valence-electron chi connectivity index (χ1n) is 4.20. The molecule has 1 aliphatic rings. The third-order valence-corrected chi connectivity index (χ3v) is 2.25. The topological polar surface area (TPSA) is 15.3 Å². The van der Waals surface area contributed by atoms with Crippen molar-refractivity contribution in [3.05, 3.63) is 0 Å². The first-order chi connectivity index (χ1) is 5.36. The highest BCUT2D eigenvalue weighted by atomic mass is 15.2. The lowest BCUT2D eigenvalue weighted by Crippen LogP contribution is -2.29. The number of rotatable bonds is 3. The molecule has 0 aromatic heterocycles. The smallest absolute Gasteiger partial charge is 0.0214 e. The van der Waals surface area contributed by atoms with Crippen molar-refractivity contribution in [3.8, 4) is 12.3 Å². The quantitative estimate of drug-likeness (QED) is 0.585. The van der Waals surface area contributed by atoms with Gasteiger partial charge >= 0.3 is 0 Å². The molecule has 0 radical (unpaired) electrons. The molecule has 0 bridgehead atoms. The van der Waals surface area contributed by atoms with Crippen molar-refractivity contribution in [2.24, 2.45) is 0 Å². The van der Waals surface area contributed by atoms with Gasteiger partial charge in [0.15, 0.2) is 0 Å². The SMILES string of the molecule is C#CCCN1CCC(NC)C1. The van der Waals surface area contributed by atoms with Crippen LogP contribution >= 0.6 is 0 Å². The summed E-state index contributed by atoms with van der Waals surface area (Å²) in [6, 6.07) is 0.688. The molecule has 62 valence electrons. The summed E-state index contributed by atoms with van der Waals surface area (Å²) in [7, 11) is 2.02. The van der Waals surface area contributed by atoms with Crippen LogP contribution in [0.4, 0.5) is 0 Å². The van der Waals surface area contributed by atoms with Crippen molar-refractivity contribution in [2.45, 2.75) is 18.9 Å². The predicted molar refractivity (Wildman–Crippen MR) is 47.4 cm³/mol. The van der Waals surface area contributed by atoms with E-state index in [1.165, 1.54) is 13.0 Å². The predicted octanol–water partition coefficient (Wildman–Crippen LogP) is 0.303. The van der Waals surface area contributed by atoms with Crippen LogP contribution in [-0.2, 0) is 0 Å². The summed E-state index contributed by atoms with van der Waals surface area (Å²) in [5, 5.41) is 3.28. The Bertz CT molecular complexity index is 148. The Morgan fingerprint density at radius 3 is 3.09 bits per heavy atom. The van der Waals surface area contributed by atoms with Crippen LogP contribution in [0.1, 0.15) is 12.8 Å². The van der Waals surface area contributed by atoms with E-state index in [2.05, 4.69) is 16.1 Å². The van der Waals surface area contributed by atoms with Gasteiger partial charge in [0.05, 0.1) is 0 Å². The lowest BCUT2D eigenvalue weighted by Gasteiger charge is -2.13. The first kappa shape index (κ1) is 8.58. The molecule has 1 aliphatic heterocycles. The molecular formula is C9H16N2. The van der Waals surface area contributed by atoms with Gasteiger partial charge in [0.2, 0.25) is 0 Å². The van der Waals surface area contributed by atoms with E-state index in [4.69, 9.17) is 6.42 Å². The maximum Gasteiger partial charge on any atom is 0.0214 e. The molecule has 2 nitrogen and oxygen atoms in total. The van der Waals surface area contributed by atoms with E-state index < -0.39 is 0 Å². The van der Waals surface area contributed by atoms with Gasteiger partial charge in [-0.1, -0.05) is 0 Å². The molecule has 0 spiro atoms. The zero-order chi connectivity index (χ0) is 8.10. The van der Waals surface area contributed by atoms with Gasteiger partial charge in [-0.2, -0.15) is 0 Å². The third-order valence-electron chi connectivity index (χ3n) is 2.25. The maximum absolute atomic E-state index is 5.18. The van der Waals surface area contributed by atoms with Crippen LogP contribution < -0.4 is 5.32 Å². The first-order valence-corrected chi connectivity index (χ1v) is 4.20. The largest absolute Gasteiger partial charge is 0.316 e. The number of terminal acetylenes is 1. The number of nitrogens with zero attached hydrogens (tertiary/aromatic N) is 1. The minimum absolute atomic E-state index is 0.688. The molecule has 1 atom stereocenters. The molecule has 11 heavy (non-hydrogen) atoms. The molecular weight excluding hydrogens is 136 g/mol. The van der Waals surface area contributed by atoms with Crippen LogP contribution in [0.5, 0.6) is 0 Å². The second-order valence-corrected chi connectivity index (χ2v) is 3.03. The number of nitrogens with one attached hydrogen (secondary N) is 1. The Morgan fingerprint density at radius 2 is 2.55 bits per heavy atom. The van der Waals surface area contributed by atoms with Crippen molar-refractivity contribution in [2.75, 3.05) is 26.7 Å². The Labute approximate surface area is 69.0 Å². The molecule has 0 aromatic rings. The minimum atomic E-state index is 0.688. The van der Waals surface area contributed by atoms with Crippen molar-refractivity contribution >= 4 is 0 Å². The summed E-state index contributed by atoms with van der Waals surface area (Å²) in [6.45, 7) is 3.43. The number of likely N-dealkylation sites (N-methyl/N-ethyl adjacent to an activating group) is 1. The molecule has 0 amide bonds. The number of hydrogen-bond acceptors (Lipinski definition) is 2. The lowest BCUT2D eigenvalue weighted by atomic mass is 10.3. The van der Waals surface area contributed by atoms with Gasteiger partial charge in [-0.3, -0.25) is 0 Å². The zero-order valence-corrected chi connectivity index (χ0v) is 7.14. The van der Waals surface area contributed by atoms with E-state index in [-0.39, 0.29) is 0 Å².